The Kier molecular flexibility index (Phi) is 14.0. The maximum Gasteiger partial charge on any atom is 0.238 e. The second-order valence-corrected chi connectivity index (χ2v) is 29.6. The van der Waals surface area contributed by atoms with Crippen molar-refractivity contribution in [3.63, 3.8) is 0 Å². The molecule has 22 aromatic rings. The molecule has 0 saturated carbocycles. The number of hydrogen-bond donors (Lipinski definition) is 0. The summed E-state index contributed by atoms with van der Waals surface area (Å²) >= 11 is 0. The Hall–Kier alpha value is -15.4. The van der Waals surface area contributed by atoms with Gasteiger partial charge in [-0.3, -0.25) is 9.13 Å². The topological polar surface area (TPSA) is 122 Å². The average molecular weight is 1460 g/mol. The fourth-order valence-electron chi connectivity index (χ4n) is 18.1. The summed E-state index contributed by atoms with van der Waals surface area (Å²) in [6.07, 6.45) is 4.70. The van der Waals surface area contributed by atoms with Crippen LogP contribution in [0, 0.1) is 0 Å². The molecule has 7 aromatic heterocycles. The first kappa shape index (κ1) is 63.5. The lowest BCUT2D eigenvalue weighted by Gasteiger charge is -2.33. The minimum absolute atomic E-state index is 0.0629. The van der Waals surface area contributed by atoms with Gasteiger partial charge in [-0.2, -0.15) is 19.9 Å². The Labute approximate surface area is 652 Å². The van der Waals surface area contributed by atoms with Gasteiger partial charge >= 0.3 is 0 Å². The minimum atomic E-state index is -0.111. The van der Waals surface area contributed by atoms with E-state index in [9.17, 15) is 0 Å². The Morgan fingerprint density at radius 3 is 1.29 bits per heavy atom. The number of hydrogen-bond acceptors (Lipinski definition) is 9. The maximum atomic E-state index is 6.98. The number of fused-ring (bicyclic) bond motifs is 20. The van der Waals surface area contributed by atoms with Gasteiger partial charge in [-0.25, -0.2) is 9.97 Å². The zero-order chi connectivity index (χ0) is 74.6. The van der Waals surface area contributed by atoms with E-state index in [0.29, 0.717) is 35.2 Å². The van der Waals surface area contributed by atoms with E-state index in [1.54, 1.807) is 0 Å². The van der Waals surface area contributed by atoms with Crippen LogP contribution in [-0.4, -0.2) is 43.6 Å². The molecular formula is C102H62N10O2. The van der Waals surface area contributed by atoms with E-state index in [2.05, 4.69) is 358 Å². The Morgan fingerprint density at radius 1 is 0.254 bits per heavy atom. The minimum Gasteiger partial charge on any atom is -0.456 e. The predicted octanol–water partition coefficient (Wildman–Crippen LogP) is 25.7. The maximum absolute atomic E-state index is 6.98. The second-order valence-electron chi connectivity index (χ2n) is 29.6. The molecule has 114 heavy (non-hydrogen) atoms. The van der Waals surface area contributed by atoms with Crippen molar-refractivity contribution in [2.45, 2.75) is 12.0 Å². The predicted molar refractivity (Wildman–Crippen MR) is 461 cm³/mol. The Balaban J connectivity index is 0.603. The summed E-state index contributed by atoms with van der Waals surface area (Å²) in [6.45, 7) is 0. The molecule has 12 heteroatoms. The zero-order valence-corrected chi connectivity index (χ0v) is 61.1. The molecule has 0 saturated heterocycles. The molecule has 532 valence electrons. The van der Waals surface area contributed by atoms with Crippen LogP contribution in [0.5, 0.6) is 0 Å². The molecule has 0 spiro atoms. The molecule has 15 aromatic carbocycles. The van der Waals surface area contributed by atoms with Crippen LogP contribution in [-0.2, 0) is 0 Å². The smallest absolute Gasteiger partial charge is 0.238 e. The average Bonchev–Trinajstić information content (AvgIpc) is 1.55. The third-order valence-corrected chi connectivity index (χ3v) is 23.3. The molecule has 0 radical (unpaired) electrons. The largest absolute Gasteiger partial charge is 0.456 e. The molecule has 2 aliphatic rings. The fourth-order valence-corrected chi connectivity index (χ4v) is 18.1. The first-order valence-electron chi connectivity index (χ1n) is 38.5. The summed E-state index contributed by atoms with van der Waals surface area (Å²) in [6, 6.07) is 124. The van der Waals surface area contributed by atoms with E-state index in [-0.39, 0.29) is 12.0 Å². The van der Waals surface area contributed by atoms with Crippen LogP contribution in [0.15, 0.2) is 367 Å². The van der Waals surface area contributed by atoms with E-state index < -0.39 is 0 Å². The molecule has 0 amide bonds. The molecule has 12 nitrogen and oxygen atoms in total. The lowest BCUT2D eigenvalue weighted by molar-refractivity contribution is 0.630. The van der Waals surface area contributed by atoms with Crippen LogP contribution in [0.25, 0.3) is 201 Å². The number of nitrogens with zero attached hydrogens (tertiary/aromatic N) is 10. The Morgan fingerprint density at radius 2 is 0.649 bits per heavy atom. The highest BCUT2D eigenvalue weighted by molar-refractivity contribution is 6.24. The number of para-hydroxylation sites is 7. The van der Waals surface area contributed by atoms with E-state index >= 15 is 0 Å². The molecule has 1 aliphatic heterocycles. The first-order chi connectivity index (χ1) is 56.5. The van der Waals surface area contributed by atoms with Gasteiger partial charge in [0.25, 0.3) is 0 Å². The SMILES string of the molecule is C1=CC2c3ccccc3N(c3ccccc3)C2c2c1c1ccccc1n2-c1nc(-c2cccc(-c3ccccc3)c2)nc(-c2ccc3c(c2)oc2cc(-c4cccc(-c5ccc(-c6nc(-c7ccc8c(c7)oc7ccccc78)nc(-n7c8ccccc8c8ccc9c%10ccccc%10n(-c%10ccccc%10)c9c87)n6)cc5)c4)ccc23)n1. The summed E-state index contributed by atoms with van der Waals surface area (Å²) in [5, 5.41) is 9.70. The number of benzene rings is 15. The quantitative estimate of drug-likeness (QED) is 0.125. The molecule has 0 N–H and O–H groups in total. The van der Waals surface area contributed by atoms with Crippen molar-refractivity contribution < 1.29 is 8.83 Å². The molecule has 24 rings (SSSR count). The molecule has 0 fully saturated rings. The lowest BCUT2D eigenvalue weighted by Crippen LogP contribution is -2.26. The van der Waals surface area contributed by atoms with Crippen LogP contribution in [0.4, 0.5) is 11.4 Å². The van der Waals surface area contributed by atoms with Gasteiger partial charge in [0.2, 0.25) is 11.9 Å². The van der Waals surface area contributed by atoms with Crippen molar-refractivity contribution in [2.24, 2.45) is 0 Å². The third kappa shape index (κ3) is 9.90. The van der Waals surface area contributed by atoms with E-state index in [1.807, 2.05) is 24.3 Å². The van der Waals surface area contributed by atoms with Crippen LogP contribution in [0.1, 0.15) is 28.8 Å². The molecule has 0 bridgehead atoms. The van der Waals surface area contributed by atoms with Crippen molar-refractivity contribution in [1.29, 1.82) is 0 Å². The van der Waals surface area contributed by atoms with Crippen molar-refractivity contribution in [3.05, 3.63) is 375 Å². The highest BCUT2D eigenvalue weighted by Gasteiger charge is 2.45. The normalized spacial score (nSPS) is 13.9. The van der Waals surface area contributed by atoms with E-state index in [0.717, 1.165) is 177 Å². The summed E-state index contributed by atoms with van der Waals surface area (Å²) in [5.74, 6) is 3.24. The summed E-state index contributed by atoms with van der Waals surface area (Å²) in [4.78, 5) is 35.4. The fraction of sp³-hybridized carbons (Fsp3) is 0.0196. The van der Waals surface area contributed by atoms with Crippen molar-refractivity contribution in [1.82, 2.24) is 43.6 Å². The highest BCUT2D eigenvalue weighted by Crippen LogP contribution is 2.58. The van der Waals surface area contributed by atoms with Gasteiger partial charge in [-0.05, 0) is 142 Å². The van der Waals surface area contributed by atoms with Crippen LogP contribution >= 0.6 is 0 Å². The van der Waals surface area contributed by atoms with Crippen LogP contribution in [0.3, 0.4) is 0 Å². The molecule has 1 aliphatic carbocycles. The number of anilines is 2. The molecule has 2 atom stereocenters. The van der Waals surface area contributed by atoms with Crippen molar-refractivity contribution in [3.8, 4) is 96.5 Å². The summed E-state index contributed by atoms with van der Waals surface area (Å²) in [7, 11) is 0. The molecule has 2 unspecified atom stereocenters. The van der Waals surface area contributed by atoms with E-state index in [4.69, 9.17) is 38.7 Å². The van der Waals surface area contributed by atoms with Gasteiger partial charge in [0.1, 0.15) is 22.3 Å². The monoisotopic (exact) mass is 1460 g/mol. The first-order valence-corrected chi connectivity index (χ1v) is 38.5. The second kappa shape index (κ2) is 25.1. The van der Waals surface area contributed by atoms with Gasteiger partial charge < -0.3 is 18.3 Å². The number of furan rings is 2. The summed E-state index contributed by atoms with van der Waals surface area (Å²) < 4.78 is 20.4. The highest BCUT2D eigenvalue weighted by atomic mass is 16.3. The van der Waals surface area contributed by atoms with Crippen LogP contribution < -0.4 is 4.90 Å². The Bertz CT molecular complexity index is 7760. The van der Waals surface area contributed by atoms with Crippen molar-refractivity contribution in [2.75, 3.05) is 4.90 Å². The van der Waals surface area contributed by atoms with Gasteiger partial charge in [-0.1, -0.05) is 261 Å². The lowest BCUT2D eigenvalue weighted by atomic mass is 9.86. The van der Waals surface area contributed by atoms with Gasteiger partial charge in [0, 0.05) is 99.3 Å². The third-order valence-electron chi connectivity index (χ3n) is 23.3. The number of aromatic nitrogens is 9. The zero-order valence-electron chi connectivity index (χ0n) is 61.1. The van der Waals surface area contributed by atoms with Crippen LogP contribution in [0.2, 0.25) is 0 Å². The van der Waals surface area contributed by atoms with E-state index in [1.165, 1.54) is 11.3 Å². The standard InChI is InChI=1S/C102H62N10O2/c1-4-22-61(23-5-1)65-25-21-27-68(57-65)98-104-100(108-102(106-98)112-88-40-18-13-35-76(88)84-55-53-82-74-33-11-16-38-86(74)110(94(82)96(84)112)72-30-8-3-9-31-72)70-48-51-80-79-49-46-67(58-90(79)114-92(80)60-70)66-26-20-24-64(56-66)62-42-44-63(45-43-62)97-103-99(69-47-50-78-77-36-14-19-41-89(77)113-91(78)59-69)107-101(105-97)111-87-39-17-12-34-75(87)83-54-52-81-73-32-10-15-37-85(73)109(93(81)95(83)111)71-28-6-2-7-29-71/h1-60,82,94H. The molecular weight excluding hydrogens is 1400 g/mol. The summed E-state index contributed by atoms with van der Waals surface area (Å²) in [5.41, 5.74) is 24.9. The van der Waals surface area contributed by atoms with Gasteiger partial charge in [0.05, 0.1) is 39.3 Å². The molecule has 8 heterocycles. The van der Waals surface area contributed by atoms with Gasteiger partial charge in [0.15, 0.2) is 23.3 Å². The number of rotatable bonds is 11. The van der Waals surface area contributed by atoms with Gasteiger partial charge in [-0.15, -0.1) is 0 Å². The van der Waals surface area contributed by atoms with Crippen molar-refractivity contribution >= 4 is 116 Å².